The number of hydrogen-bond acceptors (Lipinski definition) is 7. The maximum atomic E-state index is 13.1. The van der Waals surface area contributed by atoms with Gasteiger partial charge in [0.25, 0.3) is 5.88 Å². The van der Waals surface area contributed by atoms with E-state index in [-0.39, 0.29) is 28.7 Å². The van der Waals surface area contributed by atoms with Crippen LogP contribution in [0, 0.1) is 0 Å². The molecule has 0 amide bonds. The number of ether oxygens (including phenoxy) is 2. The molecular formula is C18H24N2O5. The average molecular weight is 348 g/mol. The Labute approximate surface area is 147 Å². The van der Waals surface area contributed by atoms with Crippen molar-refractivity contribution < 1.29 is 23.9 Å². The topological polar surface area (TPSA) is 85.0 Å². The van der Waals surface area contributed by atoms with E-state index in [9.17, 15) is 9.90 Å². The number of hydrogen-bond donors (Lipinski definition) is 1. The second kappa shape index (κ2) is 8.53. The Balaban J connectivity index is 2.43. The van der Waals surface area contributed by atoms with Crippen LogP contribution in [0.1, 0.15) is 41.4 Å². The summed E-state index contributed by atoms with van der Waals surface area (Å²) in [6, 6.07) is 4.34. The van der Waals surface area contributed by atoms with Crippen LogP contribution in [0.5, 0.6) is 17.4 Å². The highest BCUT2D eigenvalue weighted by Gasteiger charge is 2.27. The molecule has 1 heterocycles. The van der Waals surface area contributed by atoms with Gasteiger partial charge in [0.2, 0.25) is 5.78 Å². The van der Waals surface area contributed by atoms with Crippen molar-refractivity contribution in [1.82, 2.24) is 10.1 Å². The summed E-state index contributed by atoms with van der Waals surface area (Å²) < 4.78 is 16.2. The lowest BCUT2D eigenvalue weighted by atomic mass is 10.0. The van der Waals surface area contributed by atoms with Gasteiger partial charge in [0.15, 0.2) is 5.76 Å². The van der Waals surface area contributed by atoms with Crippen molar-refractivity contribution in [3.05, 3.63) is 35.1 Å². The van der Waals surface area contributed by atoms with E-state index < -0.39 is 0 Å². The number of rotatable bonds is 9. The van der Waals surface area contributed by atoms with E-state index in [1.54, 1.807) is 0 Å². The van der Waals surface area contributed by atoms with Gasteiger partial charge in [-0.2, -0.15) is 0 Å². The number of aromatic nitrogens is 1. The summed E-state index contributed by atoms with van der Waals surface area (Å²) in [4.78, 5) is 15.0. The van der Waals surface area contributed by atoms with Gasteiger partial charge in [-0.1, -0.05) is 13.3 Å². The molecule has 2 aromatic rings. The number of nitrogens with zero attached hydrogens (tertiary/aromatic N) is 2. The predicted molar refractivity (Wildman–Crippen MR) is 92.4 cm³/mol. The van der Waals surface area contributed by atoms with E-state index >= 15 is 0 Å². The smallest absolute Gasteiger partial charge is 0.265 e. The molecule has 1 N–H and O–H groups in total. The summed E-state index contributed by atoms with van der Waals surface area (Å²) in [5.41, 5.74) is 0.595. The Morgan fingerprint density at radius 2 is 2.12 bits per heavy atom. The van der Waals surface area contributed by atoms with Gasteiger partial charge in [-0.25, -0.2) is 0 Å². The number of carbonyl (C=O) groups excluding carboxylic acids is 1. The third-order valence-corrected chi connectivity index (χ3v) is 3.58. The fraction of sp³-hybridized carbons (Fsp3) is 0.444. The monoisotopic (exact) mass is 348 g/mol. The lowest BCUT2D eigenvalue weighted by molar-refractivity contribution is 0.102. The van der Waals surface area contributed by atoms with Crippen LogP contribution in [0.25, 0.3) is 0 Å². The van der Waals surface area contributed by atoms with Crippen LogP contribution < -0.4 is 9.47 Å². The van der Waals surface area contributed by atoms with Crippen molar-refractivity contribution in [2.45, 2.75) is 26.3 Å². The van der Waals surface area contributed by atoms with Gasteiger partial charge in [0, 0.05) is 6.07 Å². The van der Waals surface area contributed by atoms with Gasteiger partial charge in [-0.3, -0.25) is 4.79 Å². The number of unbranched alkanes of at least 4 members (excludes halogenated alkanes) is 1. The van der Waals surface area contributed by atoms with Crippen molar-refractivity contribution in [3.63, 3.8) is 0 Å². The molecule has 0 fully saturated rings. The Morgan fingerprint density at radius 1 is 1.36 bits per heavy atom. The number of benzene rings is 1. The number of aromatic hydroxyl groups is 1. The molecule has 7 heteroatoms. The van der Waals surface area contributed by atoms with Crippen molar-refractivity contribution in [3.8, 4) is 17.4 Å². The summed E-state index contributed by atoms with van der Waals surface area (Å²) in [6.07, 6.45) is 1.82. The summed E-state index contributed by atoms with van der Waals surface area (Å²) in [5.74, 6) is 0.594. The molecule has 1 aromatic carbocycles. The van der Waals surface area contributed by atoms with Crippen LogP contribution in [0.15, 0.2) is 22.7 Å². The van der Waals surface area contributed by atoms with Crippen LogP contribution in [0.3, 0.4) is 0 Å². The Kier molecular flexibility index (Phi) is 6.41. The number of carbonyl (C=O) groups is 1. The summed E-state index contributed by atoms with van der Waals surface area (Å²) in [7, 11) is 5.18. The first-order chi connectivity index (χ1) is 12.0. The minimum absolute atomic E-state index is 0.0200. The molecule has 0 aliphatic rings. The van der Waals surface area contributed by atoms with Gasteiger partial charge in [0.1, 0.15) is 17.1 Å². The van der Waals surface area contributed by atoms with Gasteiger partial charge < -0.3 is 24.0 Å². The first kappa shape index (κ1) is 18.8. The van der Waals surface area contributed by atoms with Gasteiger partial charge in [0.05, 0.1) is 25.8 Å². The van der Waals surface area contributed by atoms with E-state index in [1.807, 2.05) is 19.0 Å². The highest BCUT2D eigenvalue weighted by Crippen LogP contribution is 2.31. The van der Waals surface area contributed by atoms with Crippen LogP contribution in [-0.4, -0.2) is 48.8 Å². The molecule has 0 radical (unpaired) electrons. The molecule has 25 heavy (non-hydrogen) atoms. The fourth-order valence-corrected chi connectivity index (χ4v) is 2.34. The molecule has 0 bridgehead atoms. The van der Waals surface area contributed by atoms with Gasteiger partial charge in [-0.05, 0) is 37.8 Å². The maximum Gasteiger partial charge on any atom is 0.265 e. The summed E-state index contributed by atoms with van der Waals surface area (Å²) in [5, 5.41) is 13.5. The number of methoxy groups -OCH3 is 1. The number of phenolic OH excluding ortho intramolecular Hbond substituents is 1. The van der Waals surface area contributed by atoms with Gasteiger partial charge >= 0.3 is 0 Å². The number of ketones is 1. The minimum atomic E-state index is -0.318. The van der Waals surface area contributed by atoms with E-state index in [0.29, 0.717) is 24.5 Å². The van der Waals surface area contributed by atoms with E-state index in [4.69, 9.17) is 14.0 Å². The average Bonchev–Trinajstić information content (AvgIpc) is 2.96. The quantitative estimate of drug-likeness (QED) is 0.551. The second-order valence-electron chi connectivity index (χ2n) is 5.94. The van der Waals surface area contributed by atoms with E-state index in [2.05, 4.69) is 12.1 Å². The fourth-order valence-electron chi connectivity index (χ4n) is 2.34. The Hall–Kier alpha value is -2.54. The Bertz CT molecular complexity index is 724. The van der Waals surface area contributed by atoms with Gasteiger partial charge in [-0.15, -0.1) is 0 Å². The largest absolute Gasteiger partial charge is 0.508 e. The Morgan fingerprint density at radius 3 is 2.76 bits per heavy atom. The zero-order valence-corrected chi connectivity index (χ0v) is 15.0. The first-order valence-electron chi connectivity index (χ1n) is 8.15. The first-order valence-corrected chi connectivity index (χ1v) is 8.15. The zero-order valence-electron chi connectivity index (χ0n) is 15.0. The van der Waals surface area contributed by atoms with Crippen LogP contribution in [0.4, 0.5) is 0 Å². The second-order valence-corrected chi connectivity index (χ2v) is 5.94. The minimum Gasteiger partial charge on any atom is -0.508 e. The van der Waals surface area contributed by atoms with Crippen molar-refractivity contribution >= 4 is 5.78 Å². The maximum absolute atomic E-state index is 13.1. The molecule has 7 nitrogen and oxygen atoms in total. The van der Waals surface area contributed by atoms with Crippen LogP contribution in [0.2, 0.25) is 0 Å². The molecule has 0 saturated carbocycles. The zero-order chi connectivity index (χ0) is 18.4. The lowest BCUT2D eigenvalue weighted by Gasteiger charge is -2.11. The predicted octanol–water partition coefficient (Wildman–Crippen LogP) is 2.86. The normalized spacial score (nSPS) is 10.9. The van der Waals surface area contributed by atoms with Crippen LogP contribution >= 0.6 is 0 Å². The summed E-state index contributed by atoms with van der Waals surface area (Å²) in [6.45, 7) is 2.92. The number of phenols is 1. The molecule has 136 valence electrons. The lowest BCUT2D eigenvalue weighted by Crippen LogP contribution is -2.14. The van der Waals surface area contributed by atoms with E-state index in [0.717, 1.165) is 12.8 Å². The third-order valence-electron chi connectivity index (χ3n) is 3.58. The van der Waals surface area contributed by atoms with Crippen molar-refractivity contribution in [2.75, 3.05) is 27.8 Å². The SMILES string of the molecule is CCCCOc1noc(CN(C)C)c1C(=O)c1ccc(O)cc1OC. The van der Waals surface area contributed by atoms with Crippen LogP contribution in [-0.2, 0) is 6.54 Å². The molecule has 2 rings (SSSR count). The highest BCUT2D eigenvalue weighted by molar-refractivity contribution is 6.12. The molecular weight excluding hydrogens is 324 g/mol. The molecule has 0 aliphatic carbocycles. The van der Waals surface area contributed by atoms with Crippen molar-refractivity contribution in [2.24, 2.45) is 0 Å². The molecule has 1 aromatic heterocycles. The molecule has 0 unspecified atom stereocenters. The summed E-state index contributed by atoms with van der Waals surface area (Å²) >= 11 is 0. The highest BCUT2D eigenvalue weighted by atomic mass is 16.5. The molecule has 0 atom stereocenters. The third kappa shape index (κ3) is 4.51. The molecule has 0 aliphatic heterocycles. The molecule has 0 saturated heterocycles. The van der Waals surface area contributed by atoms with E-state index in [1.165, 1.54) is 25.3 Å². The standard InChI is InChI=1S/C18H24N2O5/c1-5-6-9-24-18-16(15(25-19-18)11-20(2)3)17(22)13-8-7-12(21)10-14(13)23-4/h7-8,10,21H,5-6,9,11H2,1-4H3. The molecule has 0 spiro atoms. The van der Waals surface area contributed by atoms with Crippen molar-refractivity contribution in [1.29, 1.82) is 0 Å².